The van der Waals surface area contributed by atoms with Crippen LogP contribution >= 0.6 is 0 Å². The predicted octanol–water partition coefficient (Wildman–Crippen LogP) is 2.32. The first kappa shape index (κ1) is 13.0. The summed E-state index contributed by atoms with van der Waals surface area (Å²) in [5.74, 6) is 0. The first-order chi connectivity index (χ1) is 10.3. The van der Waals surface area contributed by atoms with Crippen molar-refractivity contribution < 1.29 is 4.79 Å². The molecule has 2 amide bonds. The van der Waals surface area contributed by atoms with E-state index in [1.165, 1.54) is 24.9 Å². The molecule has 1 aromatic heterocycles. The number of urea groups is 1. The first-order valence-electron chi connectivity index (χ1n) is 8.29. The maximum Gasteiger partial charge on any atom is 0.318 e. The molecule has 1 aromatic rings. The van der Waals surface area contributed by atoms with E-state index in [4.69, 9.17) is 0 Å². The number of hydrogen-bond acceptors (Lipinski definition) is 2. The summed E-state index contributed by atoms with van der Waals surface area (Å²) in [6.45, 7) is 2.09. The molecule has 2 saturated heterocycles. The van der Waals surface area contributed by atoms with Gasteiger partial charge in [0.25, 0.3) is 0 Å². The largest absolute Gasteiger partial charge is 0.370 e. The van der Waals surface area contributed by atoms with Gasteiger partial charge in [-0.15, -0.1) is 0 Å². The van der Waals surface area contributed by atoms with Crippen molar-refractivity contribution in [1.82, 2.24) is 15.2 Å². The summed E-state index contributed by atoms with van der Waals surface area (Å²) in [6.07, 6.45) is 11.1. The van der Waals surface area contributed by atoms with Gasteiger partial charge in [0, 0.05) is 31.5 Å². The number of aromatic nitrogens is 1. The van der Waals surface area contributed by atoms with E-state index in [1.54, 1.807) is 0 Å². The van der Waals surface area contributed by atoms with E-state index in [1.807, 2.05) is 6.20 Å². The lowest BCUT2D eigenvalue weighted by Gasteiger charge is -2.40. The molecule has 21 heavy (non-hydrogen) atoms. The van der Waals surface area contributed by atoms with Gasteiger partial charge in [-0.25, -0.2) is 4.79 Å². The van der Waals surface area contributed by atoms with Crippen LogP contribution in [0.1, 0.15) is 38.5 Å². The molecule has 4 rings (SSSR count). The van der Waals surface area contributed by atoms with Gasteiger partial charge in [-0.3, -0.25) is 0 Å². The van der Waals surface area contributed by atoms with Gasteiger partial charge in [0.15, 0.2) is 0 Å². The molecule has 0 unspecified atom stereocenters. The summed E-state index contributed by atoms with van der Waals surface area (Å²) >= 11 is 0. The van der Waals surface area contributed by atoms with Gasteiger partial charge in [0.1, 0.15) is 0 Å². The molecule has 114 valence electrons. The van der Waals surface area contributed by atoms with Gasteiger partial charge < -0.3 is 20.1 Å². The summed E-state index contributed by atoms with van der Waals surface area (Å²) in [5, 5.41) is 3.21. The number of nitrogens with zero attached hydrogens (tertiary/aromatic N) is 2. The molecule has 0 radical (unpaired) electrons. The standard InChI is InChI=1S/C16H24N4O/c21-16-18-14-3-1-2-4-15(14)20(16)12-6-9-19(10-7-12)13-5-8-17-11-13/h5,8,11-12,14-15,17H,1-4,6-7,9-10H2,(H,18,21)/t14-,15-/m0/s1. The molecule has 3 aliphatic rings. The molecule has 3 heterocycles. The van der Waals surface area contributed by atoms with Crippen LogP contribution in [0.3, 0.4) is 0 Å². The Balaban J connectivity index is 1.42. The van der Waals surface area contributed by atoms with Crippen LogP contribution in [0.2, 0.25) is 0 Å². The van der Waals surface area contributed by atoms with Crippen molar-refractivity contribution in [3.63, 3.8) is 0 Å². The predicted molar refractivity (Wildman–Crippen MR) is 82.4 cm³/mol. The minimum Gasteiger partial charge on any atom is -0.370 e. The molecule has 0 aromatic carbocycles. The molecule has 3 fully saturated rings. The number of nitrogens with one attached hydrogen (secondary N) is 2. The quantitative estimate of drug-likeness (QED) is 0.877. The van der Waals surface area contributed by atoms with Crippen molar-refractivity contribution >= 4 is 11.7 Å². The van der Waals surface area contributed by atoms with Gasteiger partial charge in [0.05, 0.1) is 17.8 Å². The number of hydrogen-bond donors (Lipinski definition) is 2. The first-order valence-corrected chi connectivity index (χ1v) is 8.29. The highest BCUT2D eigenvalue weighted by molar-refractivity contribution is 5.78. The zero-order valence-corrected chi connectivity index (χ0v) is 12.4. The second kappa shape index (κ2) is 5.28. The van der Waals surface area contributed by atoms with Crippen LogP contribution in [0.4, 0.5) is 10.5 Å². The second-order valence-corrected chi connectivity index (χ2v) is 6.60. The Morgan fingerprint density at radius 1 is 1.10 bits per heavy atom. The summed E-state index contributed by atoms with van der Waals surface area (Å²) < 4.78 is 0. The number of rotatable bonds is 2. The molecule has 0 bridgehead atoms. The number of carbonyl (C=O) groups excluding carboxylic acids is 1. The summed E-state index contributed by atoms with van der Waals surface area (Å²) in [6, 6.07) is 3.60. The van der Waals surface area contributed by atoms with Crippen LogP contribution < -0.4 is 10.2 Å². The summed E-state index contributed by atoms with van der Waals surface area (Å²) in [7, 11) is 0. The Kier molecular flexibility index (Phi) is 3.28. The highest BCUT2D eigenvalue weighted by Crippen LogP contribution is 2.32. The van der Waals surface area contributed by atoms with Gasteiger partial charge in [-0.2, -0.15) is 0 Å². The molecular weight excluding hydrogens is 264 g/mol. The third kappa shape index (κ3) is 2.28. The zero-order valence-electron chi connectivity index (χ0n) is 12.4. The minimum atomic E-state index is 0.187. The number of fused-ring (bicyclic) bond motifs is 1. The average molecular weight is 288 g/mol. The van der Waals surface area contributed by atoms with Gasteiger partial charge >= 0.3 is 6.03 Å². The molecule has 2 aliphatic heterocycles. The fraction of sp³-hybridized carbons (Fsp3) is 0.688. The van der Waals surface area contributed by atoms with Gasteiger partial charge in [0.2, 0.25) is 0 Å². The van der Waals surface area contributed by atoms with Crippen molar-refractivity contribution in [3.8, 4) is 0 Å². The lowest BCUT2D eigenvalue weighted by Crippen LogP contribution is -2.50. The van der Waals surface area contributed by atoms with Crippen molar-refractivity contribution in [2.24, 2.45) is 0 Å². The van der Waals surface area contributed by atoms with E-state index < -0.39 is 0 Å². The van der Waals surface area contributed by atoms with E-state index in [0.29, 0.717) is 18.1 Å². The van der Waals surface area contributed by atoms with Gasteiger partial charge in [-0.05, 0) is 31.7 Å². The number of aromatic amines is 1. The molecular formula is C16H24N4O. The van der Waals surface area contributed by atoms with Crippen LogP contribution in [0, 0.1) is 0 Å². The Morgan fingerprint density at radius 3 is 2.67 bits per heavy atom. The van der Waals surface area contributed by atoms with E-state index >= 15 is 0 Å². The van der Waals surface area contributed by atoms with Crippen LogP contribution in [-0.4, -0.2) is 47.1 Å². The van der Waals surface area contributed by atoms with Crippen molar-refractivity contribution in [2.75, 3.05) is 18.0 Å². The number of amides is 2. The van der Waals surface area contributed by atoms with Crippen molar-refractivity contribution in [3.05, 3.63) is 18.5 Å². The van der Waals surface area contributed by atoms with Crippen LogP contribution in [-0.2, 0) is 0 Å². The lowest BCUT2D eigenvalue weighted by molar-refractivity contribution is 0.141. The van der Waals surface area contributed by atoms with Gasteiger partial charge in [-0.1, -0.05) is 12.8 Å². The molecule has 5 heteroatoms. The minimum absolute atomic E-state index is 0.187. The number of anilines is 1. The fourth-order valence-corrected chi connectivity index (χ4v) is 4.35. The van der Waals surface area contributed by atoms with E-state index in [-0.39, 0.29) is 6.03 Å². The smallest absolute Gasteiger partial charge is 0.318 e. The molecule has 1 saturated carbocycles. The van der Waals surface area contributed by atoms with Crippen molar-refractivity contribution in [2.45, 2.75) is 56.7 Å². The third-order valence-corrected chi connectivity index (χ3v) is 5.43. The number of H-pyrrole nitrogens is 1. The Morgan fingerprint density at radius 2 is 1.90 bits per heavy atom. The summed E-state index contributed by atoms with van der Waals surface area (Å²) in [5.41, 5.74) is 1.27. The van der Waals surface area contributed by atoms with Crippen LogP contribution in [0.25, 0.3) is 0 Å². The van der Waals surface area contributed by atoms with Crippen LogP contribution in [0.15, 0.2) is 18.5 Å². The molecule has 5 nitrogen and oxygen atoms in total. The topological polar surface area (TPSA) is 51.4 Å². The average Bonchev–Trinajstić information content (AvgIpc) is 3.14. The zero-order chi connectivity index (χ0) is 14.2. The Bertz CT molecular complexity index is 492. The maximum atomic E-state index is 12.3. The van der Waals surface area contributed by atoms with Crippen molar-refractivity contribution in [1.29, 1.82) is 0 Å². The number of carbonyl (C=O) groups is 1. The highest BCUT2D eigenvalue weighted by Gasteiger charge is 2.44. The highest BCUT2D eigenvalue weighted by atomic mass is 16.2. The SMILES string of the molecule is O=C1N[C@H]2CCCC[C@@H]2N1C1CCN(c2cc[nH]c2)CC1. The Hall–Kier alpha value is -1.65. The summed E-state index contributed by atoms with van der Waals surface area (Å²) in [4.78, 5) is 20.1. The number of piperidine rings is 1. The normalized spacial score (nSPS) is 30.4. The fourth-order valence-electron chi connectivity index (χ4n) is 4.35. The molecule has 0 spiro atoms. The molecule has 2 N–H and O–H groups in total. The van der Waals surface area contributed by atoms with Crippen LogP contribution in [0.5, 0.6) is 0 Å². The van der Waals surface area contributed by atoms with E-state index in [2.05, 4.69) is 32.4 Å². The van der Waals surface area contributed by atoms with E-state index in [0.717, 1.165) is 32.4 Å². The second-order valence-electron chi connectivity index (χ2n) is 6.60. The molecule has 2 atom stereocenters. The molecule has 1 aliphatic carbocycles. The lowest BCUT2D eigenvalue weighted by atomic mass is 9.89. The third-order valence-electron chi connectivity index (χ3n) is 5.43. The monoisotopic (exact) mass is 288 g/mol. The Labute approximate surface area is 125 Å². The maximum absolute atomic E-state index is 12.3. The van der Waals surface area contributed by atoms with E-state index in [9.17, 15) is 4.79 Å².